The number of hydrogen-bond acceptors (Lipinski definition) is 6. The summed E-state index contributed by atoms with van der Waals surface area (Å²) in [7, 11) is 0. The SMILES string of the molecule is CC(C)Nc1cccnc1N1CCN(C(=O)c2ccc(C(=O)NC(CO)c3ccccc3)cc2)CC1. The number of rotatable bonds is 8. The van der Waals surface area contributed by atoms with E-state index in [0.29, 0.717) is 43.3 Å². The minimum atomic E-state index is -0.494. The van der Waals surface area contributed by atoms with E-state index in [0.717, 1.165) is 17.1 Å². The zero-order valence-corrected chi connectivity index (χ0v) is 20.7. The number of anilines is 2. The molecule has 8 nitrogen and oxygen atoms in total. The monoisotopic (exact) mass is 487 g/mol. The number of piperazine rings is 1. The van der Waals surface area contributed by atoms with Gasteiger partial charge in [0.25, 0.3) is 11.8 Å². The predicted octanol–water partition coefficient (Wildman–Crippen LogP) is 3.33. The molecule has 2 aromatic carbocycles. The summed E-state index contributed by atoms with van der Waals surface area (Å²) in [5.41, 5.74) is 2.81. The van der Waals surface area contributed by atoms with Gasteiger partial charge in [0.1, 0.15) is 0 Å². The molecule has 36 heavy (non-hydrogen) atoms. The number of carbonyl (C=O) groups excluding carboxylic acids is 2. The first kappa shape index (κ1) is 25.2. The van der Waals surface area contributed by atoms with Crippen molar-refractivity contribution in [2.75, 3.05) is 43.0 Å². The highest BCUT2D eigenvalue weighted by Crippen LogP contribution is 2.25. The van der Waals surface area contributed by atoms with E-state index in [4.69, 9.17) is 0 Å². The van der Waals surface area contributed by atoms with E-state index in [1.165, 1.54) is 0 Å². The van der Waals surface area contributed by atoms with Crippen molar-refractivity contribution in [1.82, 2.24) is 15.2 Å². The predicted molar refractivity (Wildman–Crippen MR) is 141 cm³/mol. The molecular formula is C28H33N5O3. The fourth-order valence-electron chi connectivity index (χ4n) is 4.30. The summed E-state index contributed by atoms with van der Waals surface area (Å²) in [6.07, 6.45) is 1.79. The van der Waals surface area contributed by atoms with Crippen LogP contribution in [0.4, 0.5) is 11.5 Å². The summed E-state index contributed by atoms with van der Waals surface area (Å²) in [6.45, 7) is 6.55. The first-order valence-electron chi connectivity index (χ1n) is 12.3. The van der Waals surface area contributed by atoms with E-state index in [2.05, 4.69) is 34.4 Å². The molecule has 8 heteroatoms. The number of carbonyl (C=O) groups is 2. The lowest BCUT2D eigenvalue weighted by atomic mass is 10.1. The number of aliphatic hydroxyl groups excluding tert-OH is 1. The van der Waals surface area contributed by atoms with Crippen LogP contribution in [-0.4, -0.2) is 65.6 Å². The summed E-state index contributed by atoms with van der Waals surface area (Å²) in [5, 5.41) is 16.0. The van der Waals surface area contributed by atoms with Gasteiger partial charge in [-0.3, -0.25) is 9.59 Å². The Labute approximate surface area is 212 Å². The Balaban J connectivity index is 1.35. The normalized spacial score (nSPS) is 14.4. The van der Waals surface area contributed by atoms with Gasteiger partial charge in [0.2, 0.25) is 0 Å². The zero-order chi connectivity index (χ0) is 25.5. The van der Waals surface area contributed by atoms with Gasteiger partial charge in [0.05, 0.1) is 18.3 Å². The third kappa shape index (κ3) is 6.01. The van der Waals surface area contributed by atoms with Gasteiger partial charge in [-0.05, 0) is 55.8 Å². The Morgan fingerprint density at radius 1 is 0.917 bits per heavy atom. The number of amides is 2. The Bertz CT molecular complexity index is 1160. The highest BCUT2D eigenvalue weighted by Gasteiger charge is 2.24. The van der Waals surface area contributed by atoms with Gasteiger partial charge >= 0.3 is 0 Å². The molecule has 1 saturated heterocycles. The molecule has 2 amide bonds. The van der Waals surface area contributed by atoms with Crippen molar-refractivity contribution in [1.29, 1.82) is 0 Å². The lowest BCUT2D eigenvalue weighted by molar-refractivity contribution is 0.0746. The molecule has 2 heterocycles. The maximum Gasteiger partial charge on any atom is 0.253 e. The Hall–Kier alpha value is -3.91. The van der Waals surface area contributed by atoms with E-state index in [-0.39, 0.29) is 18.4 Å². The van der Waals surface area contributed by atoms with Gasteiger partial charge in [-0.15, -0.1) is 0 Å². The lowest BCUT2D eigenvalue weighted by Gasteiger charge is -2.36. The third-order valence-corrected chi connectivity index (χ3v) is 6.18. The number of aliphatic hydroxyl groups is 1. The van der Waals surface area contributed by atoms with Gasteiger partial charge in [0.15, 0.2) is 5.82 Å². The lowest BCUT2D eigenvalue weighted by Crippen LogP contribution is -2.49. The molecule has 1 aromatic heterocycles. The minimum Gasteiger partial charge on any atom is -0.394 e. The van der Waals surface area contributed by atoms with Gasteiger partial charge in [-0.25, -0.2) is 4.98 Å². The Kier molecular flexibility index (Phi) is 8.17. The van der Waals surface area contributed by atoms with E-state index >= 15 is 0 Å². The quantitative estimate of drug-likeness (QED) is 0.451. The second kappa shape index (κ2) is 11.7. The van der Waals surface area contributed by atoms with Gasteiger partial charge in [0, 0.05) is 49.5 Å². The summed E-state index contributed by atoms with van der Waals surface area (Å²) in [5.74, 6) is 0.553. The third-order valence-electron chi connectivity index (χ3n) is 6.18. The van der Waals surface area contributed by atoms with Crippen molar-refractivity contribution in [3.8, 4) is 0 Å². The van der Waals surface area contributed by atoms with Crippen molar-refractivity contribution in [2.45, 2.75) is 25.9 Å². The molecule has 0 spiro atoms. The van der Waals surface area contributed by atoms with Crippen LogP contribution in [-0.2, 0) is 0 Å². The second-order valence-electron chi connectivity index (χ2n) is 9.15. The Morgan fingerprint density at radius 3 is 2.22 bits per heavy atom. The molecule has 188 valence electrons. The van der Waals surface area contributed by atoms with Crippen molar-refractivity contribution in [3.63, 3.8) is 0 Å². The van der Waals surface area contributed by atoms with Crippen LogP contribution in [0.15, 0.2) is 72.9 Å². The highest BCUT2D eigenvalue weighted by molar-refractivity contribution is 5.98. The molecule has 3 N–H and O–H groups in total. The average Bonchev–Trinajstić information content (AvgIpc) is 2.92. The largest absolute Gasteiger partial charge is 0.394 e. The van der Waals surface area contributed by atoms with E-state index < -0.39 is 6.04 Å². The molecule has 1 aliphatic heterocycles. The number of pyridine rings is 1. The fraction of sp³-hybridized carbons (Fsp3) is 0.321. The van der Waals surface area contributed by atoms with E-state index in [1.54, 1.807) is 30.5 Å². The molecular weight excluding hydrogens is 454 g/mol. The molecule has 0 bridgehead atoms. The van der Waals surface area contributed by atoms with Crippen molar-refractivity contribution in [3.05, 3.63) is 89.6 Å². The number of benzene rings is 2. The van der Waals surface area contributed by atoms with E-state index in [9.17, 15) is 14.7 Å². The van der Waals surface area contributed by atoms with Crippen LogP contribution in [0.1, 0.15) is 46.2 Å². The van der Waals surface area contributed by atoms with Crippen LogP contribution in [0.2, 0.25) is 0 Å². The van der Waals surface area contributed by atoms with E-state index in [1.807, 2.05) is 47.4 Å². The average molecular weight is 488 g/mol. The first-order chi connectivity index (χ1) is 17.5. The molecule has 1 fully saturated rings. The maximum atomic E-state index is 13.1. The molecule has 4 rings (SSSR count). The smallest absolute Gasteiger partial charge is 0.253 e. The highest BCUT2D eigenvalue weighted by atomic mass is 16.3. The maximum absolute atomic E-state index is 13.1. The molecule has 3 aromatic rings. The van der Waals surface area contributed by atoms with Gasteiger partial charge in [-0.1, -0.05) is 30.3 Å². The number of nitrogens with zero attached hydrogens (tertiary/aromatic N) is 3. The summed E-state index contributed by atoms with van der Waals surface area (Å²) < 4.78 is 0. The standard InChI is InChI=1S/C28H33N5O3/c1-20(2)30-24-9-6-14-29-26(24)32-15-17-33(18-16-32)28(36)23-12-10-22(11-13-23)27(35)31-25(19-34)21-7-4-3-5-8-21/h3-14,20,25,30,34H,15-19H2,1-2H3,(H,31,35). The number of nitrogens with one attached hydrogen (secondary N) is 2. The van der Waals surface area contributed by atoms with Crippen molar-refractivity contribution in [2.24, 2.45) is 0 Å². The zero-order valence-electron chi connectivity index (χ0n) is 20.7. The topological polar surface area (TPSA) is 97.8 Å². The summed E-state index contributed by atoms with van der Waals surface area (Å²) in [4.78, 5) is 34.4. The Morgan fingerprint density at radius 2 is 1.58 bits per heavy atom. The number of hydrogen-bond donors (Lipinski definition) is 3. The summed E-state index contributed by atoms with van der Waals surface area (Å²) >= 11 is 0. The molecule has 0 aliphatic carbocycles. The van der Waals surface area contributed by atoms with Crippen LogP contribution < -0.4 is 15.5 Å². The van der Waals surface area contributed by atoms with Gasteiger partial charge < -0.3 is 25.5 Å². The summed E-state index contributed by atoms with van der Waals surface area (Å²) in [6, 6.07) is 19.7. The minimum absolute atomic E-state index is 0.0549. The first-order valence-corrected chi connectivity index (χ1v) is 12.3. The van der Waals surface area contributed by atoms with Crippen LogP contribution in [0.3, 0.4) is 0 Å². The van der Waals surface area contributed by atoms with Crippen LogP contribution in [0, 0.1) is 0 Å². The second-order valence-corrected chi connectivity index (χ2v) is 9.15. The van der Waals surface area contributed by atoms with Gasteiger partial charge in [-0.2, -0.15) is 0 Å². The molecule has 1 atom stereocenters. The van der Waals surface area contributed by atoms with Crippen LogP contribution in [0.5, 0.6) is 0 Å². The molecule has 1 aliphatic rings. The molecule has 0 saturated carbocycles. The molecule has 1 unspecified atom stereocenters. The van der Waals surface area contributed by atoms with Crippen molar-refractivity contribution < 1.29 is 14.7 Å². The van der Waals surface area contributed by atoms with Crippen LogP contribution >= 0.6 is 0 Å². The fourth-order valence-corrected chi connectivity index (χ4v) is 4.30. The molecule has 0 radical (unpaired) electrons. The van der Waals surface area contributed by atoms with Crippen molar-refractivity contribution >= 4 is 23.3 Å². The van der Waals surface area contributed by atoms with Crippen LogP contribution in [0.25, 0.3) is 0 Å². The number of aromatic nitrogens is 1.